The third-order valence-electron chi connectivity index (χ3n) is 1.90. The van der Waals surface area contributed by atoms with Gasteiger partial charge in [-0.05, 0) is 22.8 Å². The van der Waals surface area contributed by atoms with E-state index in [0.29, 0.717) is 10.8 Å². The zero-order valence-corrected chi connectivity index (χ0v) is 9.73. The van der Waals surface area contributed by atoms with E-state index in [1.54, 1.807) is 6.07 Å². The first kappa shape index (κ1) is 11.0. The van der Waals surface area contributed by atoms with Crippen molar-refractivity contribution in [3.05, 3.63) is 17.2 Å². The van der Waals surface area contributed by atoms with E-state index in [4.69, 9.17) is 21.9 Å². The summed E-state index contributed by atoms with van der Waals surface area (Å²) in [6.45, 7) is 0. The predicted molar refractivity (Wildman–Crippen MR) is 58.0 cm³/mol. The van der Waals surface area contributed by atoms with Gasteiger partial charge in [-0.15, -0.1) is 0 Å². The Kier molecular flexibility index (Phi) is 2.60. The number of halogens is 1. The van der Waals surface area contributed by atoms with Gasteiger partial charge in [0.05, 0.1) is 5.88 Å². The van der Waals surface area contributed by atoms with E-state index in [1.165, 1.54) is 6.07 Å². The highest BCUT2D eigenvalue weighted by Gasteiger charge is 2.26. The summed E-state index contributed by atoms with van der Waals surface area (Å²) >= 11 is 5.73. The summed E-state index contributed by atoms with van der Waals surface area (Å²) in [6, 6.07) is 2.80. The molecule has 0 spiro atoms. The van der Waals surface area contributed by atoms with E-state index in [0.717, 1.165) is 0 Å². The van der Waals surface area contributed by atoms with Crippen LogP contribution in [0.4, 0.5) is 5.69 Å². The van der Waals surface area contributed by atoms with Gasteiger partial charge in [0, 0.05) is 9.92 Å². The van der Waals surface area contributed by atoms with Gasteiger partial charge in [-0.25, -0.2) is 4.36 Å². The Balaban J connectivity index is 2.66. The molecule has 1 aliphatic heterocycles. The molecular formula is C7H7ClN2O3S2. The van der Waals surface area contributed by atoms with Crippen molar-refractivity contribution in [3.8, 4) is 0 Å². The molecule has 1 unspecified atom stereocenters. The van der Waals surface area contributed by atoms with Crippen LogP contribution in [0.3, 0.4) is 0 Å². The Morgan fingerprint density at radius 2 is 2.20 bits per heavy atom. The van der Waals surface area contributed by atoms with E-state index in [1.807, 2.05) is 0 Å². The van der Waals surface area contributed by atoms with Crippen molar-refractivity contribution in [1.29, 1.82) is 0 Å². The maximum atomic E-state index is 11.0. The largest absolute Gasteiger partial charge is 0.321 e. The zero-order chi connectivity index (χ0) is 11.2. The summed E-state index contributed by atoms with van der Waals surface area (Å²) in [7, 11) is -4.76. The smallest absolute Gasteiger partial charge is 0.296 e. The highest BCUT2D eigenvalue weighted by atomic mass is 35.5. The number of nitrogens with two attached hydrogens (primary N) is 1. The van der Waals surface area contributed by atoms with E-state index >= 15 is 0 Å². The zero-order valence-electron chi connectivity index (χ0n) is 7.34. The lowest BCUT2D eigenvalue weighted by Gasteiger charge is -2.20. The number of hydrogen-bond donors (Lipinski definition) is 2. The molecule has 1 aromatic carbocycles. The summed E-state index contributed by atoms with van der Waals surface area (Å²) in [4.78, 5) is 0.444. The van der Waals surface area contributed by atoms with E-state index in [9.17, 15) is 8.42 Å². The van der Waals surface area contributed by atoms with Gasteiger partial charge in [0.2, 0.25) is 0 Å². The molecule has 0 saturated carbocycles. The Labute approximate surface area is 94.1 Å². The molecule has 2 rings (SSSR count). The van der Waals surface area contributed by atoms with Gasteiger partial charge >= 0.3 is 0 Å². The SMILES string of the molecule is NCS1=Nc2c1cc(Cl)cc2S(=O)(=O)O. The van der Waals surface area contributed by atoms with Crippen LogP contribution in [-0.2, 0) is 20.8 Å². The maximum absolute atomic E-state index is 11.0. The highest BCUT2D eigenvalue weighted by Crippen LogP contribution is 2.41. The second-order valence-electron chi connectivity index (χ2n) is 2.85. The molecule has 1 atom stereocenters. The minimum atomic E-state index is -4.27. The lowest BCUT2D eigenvalue weighted by Crippen LogP contribution is -2.14. The van der Waals surface area contributed by atoms with Crippen LogP contribution >= 0.6 is 11.6 Å². The number of rotatable bonds is 2. The van der Waals surface area contributed by atoms with Gasteiger partial charge in [0.25, 0.3) is 10.1 Å². The summed E-state index contributed by atoms with van der Waals surface area (Å²) in [6.07, 6.45) is 0. The topological polar surface area (TPSA) is 92.8 Å². The number of nitrogens with zero attached hydrogens (tertiary/aromatic N) is 1. The van der Waals surface area contributed by atoms with Crippen molar-refractivity contribution in [3.63, 3.8) is 0 Å². The molecular weight excluding hydrogens is 260 g/mol. The number of hydrogen-bond acceptors (Lipinski definition) is 4. The minimum Gasteiger partial charge on any atom is -0.321 e. The van der Waals surface area contributed by atoms with Crippen molar-refractivity contribution >= 4 is 38.1 Å². The molecule has 1 heterocycles. The number of benzene rings is 1. The lowest BCUT2D eigenvalue weighted by molar-refractivity contribution is 0.483. The molecule has 0 aromatic heterocycles. The summed E-state index contributed by atoms with van der Waals surface area (Å²) in [5, 5.41) is 0.252. The van der Waals surface area contributed by atoms with Crippen molar-refractivity contribution in [2.45, 2.75) is 9.79 Å². The fraction of sp³-hybridized carbons (Fsp3) is 0.143. The van der Waals surface area contributed by atoms with Crippen LogP contribution in [0, 0.1) is 0 Å². The molecule has 1 aliphatic rings. The van der Waals surface area contributed by atoms with Gasteiger partial charge in [0.15, 0.2) is 0 Å². The maximum Gasteiger partial charge on any atom is 0.296 e. The van der Waals surface area contributed by atoms with Gasteiger partial charge in [-0.1, -0.05) is 11.6 Å². The van der Waals surface area contributed by atoms with E-state index in [2.05, 4.69) is 4.36 Å². The lowest BCUT2D eigenvalue weighted by atomic mass is 10.3. The Bertz CT molecular complexity index is 568. The molecule has 0 bridgehead atoms. The van der Waals surface area contributed by atoms with Gasteiger partial charge in [-0.3, -0.25) is 4.55 Å². The van der Waals surface area contributed by atoms with E-state index in [-0.39, 0.29) is 15.6 Å². The first-order valence-electron chi connectivity index (χ1n) is 3.87. The molecule has 1 aromatic rings. The summed E-state index contributed by atoms with van der Waals surface area (Å²) < 4.78 is 34.9. The Hall–Kier alpha value is -0.470. The molecule has 0 saturated heterocycles. The predicted octanol–water partition coefficient (Wildman–Crippen LogP) is 1.31. The third-order valence-corrected chi connectivity index (χ3v) is 4.52. The van der Waals surface area contributed by atoms with Crippen molar-refractivity contribution in [2.75, 3.05) is 5.88 Å². The van der Waals surface area contributed by atoms with Crippen LogP contribution in [0.2, 0.25) is 5.02 Å². The molecule has 3 N–H and O–H groups in total. The van der Waals surface area contributed by atoms with E-state index < -0.39 is 20.8 Å². The monoisotopic (exact) mass is 266 g/mol. The summed E-state index contributed by atoms with van der Waals surface area (Å²) in [5.41, 5.74) is 5.70. The highest BCUT2D eigenvalue weighted by molar-refractivity contribution is 7.89. The average Bonchev–Trinajstić information content (AvgIpc) is 2.09. The molecule has 5 nitrogen and oxygen atoms in total. The van der Waals surface area contributed by atoms with Gasteiger partial charge < -0.3 is 5.73 Å². The minimum absolute atomic E-state index is 0.248. The van der Waals surface area contributed by atoms with Crippen molar-refractivity contribution < 1.29 is 13.0 Å². The third kappa shape index (κ3) is 1.81. The van der Waals surface area contributed by atoms with Gasteiger partial charge in [-0.2, -0.15) is 8.42 Å². The van der Waals surface area contributed by atoms with Crippen LogP contribution in [0.5, 0.6) is 0 Å². The molecule has 0 fully saturated rings. The first-order chi connectivity index (χ1) is 6.93. The van der Waals surface area contributed by atoms with Crippen LogP contribution in [0.1, 0.15) is 0 Å². The fourth-order valence-electron chi connectivity index (χ4n) is 1.26. The first-order valence-corrected chi connectivity index (χ1v) is 7.04. The quantitative estimate of drug-likeness (QED) is 0.790. The number of fused-ring (bicyclic) bond motifs is 1. The van der Waals surface area contributed by atoms with Gasteiger partial charge in [0.1, 0.15) is 10.6 Å². The normalized spacial score (nSPS) is 19.0. The summed E-state index contributed by atoms with van der Waals surface area (Å²) in [5.74, 6) is 0.318. The molecule has 0 aliphatic carbocycles. The average molecular weight is 267 g/mol. The second-order valence-corrected chi connectivity index (χ2v) is 6.36. The Morgan fingerprint density at radius 3 is 2.73 bits per heavy atom. The second kappa shape index (κ2) is 3.53. The van der Waals surface area contributed by atoms with Crippen LogP contribution in [0.25, 0.3) is 0 Å². The Morgan fingerprint density at radius 1 is 1.53 bits per heavy atom. The van der Waals surface area contributed by atoms with Crippen molar-refractivity contribution in [1.82, 2.24) is 0 Å². The molecule has 0 amide bonds. The van der Waals surface area contributed by atoms with Crippen LogP contribution in [0.15, 0.2) is 26.3 Å². The molecule has 0 radical (unpaired) electrons. The molecule has 8 heteroatoms. The molecule has 82 valence electrons. The standard InChI is InChI=1S/C7H7ClN2O3S2/c8-4-1-5-7(10-14(5)3-9)6(2-4)15(11,12)13/h1-2H,3,9H2,(H,11,12,13). The fourth-order valence-corrected chi connectivity index (χ4v) is 3.69. The van der Waals surface area contributed by atoms with Crippen LogP contribution < -0.4 is 5.73 Å². The van der Waals surface area contributed by atoms with Crippen molar-refractivity contribution in [2.24, 2.45) is 10.1 Å². The molecule has 15 heavy (non-hydrogen) atoms. The van der Waals surface area contributed by atoms with Crippen LogP contribution in [-0.4, -0.2) is 18.8 Å².